The monoisotopic (exact) mass is 388 g/mol. The molecule has 0 fully saturated rings. The third-order valence-corrected chi connectivity index (χ3v) is 3.24. The predicted molar refractivity (Wildman–Crippen MR) is 82.6 cm³/mol. The van der Waals surface area contributed by atoms with Gasteiger partial charge >= 0.3 is 0 Å². The molecule has 20 heavy (non-hydrogen) atoms. The molecule has 0 radical (unpaired) electrons. The topological polar surface area (TPSA) is 41.1 Å². The van der Waals surface area contributed by atoms with E-state index in [0.29, 0.717) is 0 Å². The van der Waals surface area contributed by atoms with Crippen molar-refractivity contribution in [2.75, 3.05) is 17.2 Å². The van der Waals surface area contributed by atoms with Gasteiger partial charge in [0.15, 0.2) is 0 Å². The fraction of sp³-hybridized carbons (Fsp3) is 0.0714. The SMILES string of the molecule is O=C(CNc1ccc(I)cc1)Nc1c(F)cccc1F. The second-order valence-corrected chi connectivity index (χ2v) is 5.25. The van der Waals surface area contributed by atoms with Gasteiger partial charge in [-0.05, 0) is 59.0 Å². The summed E-state index contributed by atoms with van der Waals surface area (Å²) in [6, 6.07) is 10.8. The van der Waals surface area contributed by atoms with Gasteiger partial charge in [-0.15, -0.1) is 0 Å². The molecule has 0 atom stereocenters. The lowest BCUT2D eigenvalue weighted by Gasteiger charge is -2.09. The fourth-order valence-electron chi connectivity index (χ4n) is 1.55. The Hall–Kier alpha value is -1.70. The molecule has 2 aromatic rings. The van der Waals surface area contributed by atoms with E-state index < -0.39 is 23.2 Å². The van der Waals surface area contributed by atoms with Crippen LogP contribution in [0.3, 0.4) is 0 Å². The minimum absolute atomic E-state index is 0.0750. The van der Waals surface area contributed by atoms with Crippen LogP contribution < -0.4 is 10.6 Å². The van der Waals surface area contributed by atoms with Crippen molar-refractivity contribution < 1.29 is 13.6 Å². The first-order valence-corrected chi connectivity index (χ1v) is 6.87. The minimum Gasteiger partial charge on any atom is -0.376 e. The van der Waals surface area contributed by atoms with Gasteiger partial charge in [0.2, 0.25) is 5.91 Å². The zero-order chi connectivity index (χ0) is 14.5. The van der Waals surface area contributed by atoms with E-state index in [1.165, 1.54) is 6.07 Å². The Morgan fingerprint density at radius 2 is 1.65 bits per heavy atom. The number of hydrogen-bond donors (Lipinski definition) is 2. The molecule has 0 bridgehead atoms. The van der Waals surface area contributed by atoms with Crippen LogP contribution in [0, 0.1) is 15.2 Å². The molecule has 1 amide bonds. The molecule has 0 unspecified atom stereocenters. The lowest BCUT2D eigenvalue weighted by Crippen LogP contribution is -2.22. The number of carbonyl (C=O) groups is 1. The van der Waals surface area contributed by atoms with Gasteiger partial charge < -0.3 is 10.6 Å². The van der Waals surface area contributed by atoms with E-state index in [1.54, 1.807) is 0 Å². The molecule has 104 valence electrons. The van der Waals surface area contributed by atoms with Crippen molar-refractivity contribution in [3.05, 3.63) is 57.7 Å². The summed E-state index contributed by atoms with van der Waals surface area (Å²) in [6.07, 6.45) is 0. The maximum atomic E-state index is 13.3. The van der Waals surface area contributed by atoms with Crippen LogP contribution in [-0.2, 0) is 4.79 Å². The Kier molecular flexibility index (Phi) is 4.89. The Balaban J connectivity index is 1.94. The van der Waals surface area contributed by atoms with Gasteiger partial charge in [-0.1, -0.05) is 6.07 Å². The zero-order valence-electron chi connectivity index (χ0n) is 10.3. The van der Waals surface area contributed by atoms with Crippen molar-refractivity contribution in [3.8, 4) is 0 Å². The summed E-state index contributed by atoms with van der Waals surface area (Å²) in [4.78, 5) is 11.6. The van der Waals surface area contributed by atoms with E-state index in [-0.39, 0.29) is 6.54 Å². The Morgan fingerprint density at radius 3 is 2.25 bits per heavy atom. The van der Waals surface area contributed by atoms with Gasteiger partial charge in [-0.25, -0.2) is 8.78 Å². The highest BCUT2D eigenvalue weighted by molar-refractivity contribution is 14.1. The molecular weight excluding hydrogens is 377 g/mol. The van der Waals surface area contributed by atoms with Gasteiger partial charge in [0, 0.05) is 9.26 Å². The second kappa shape index (κ2) is 6.65. The largest absolute Gasteiger partial charge is 0.376 e. The number of halogens is 3. The van der Waals surface area contributed by atoms with Crippen molar-refractivity contribution in [1.82, 2.24) is 0 Å². The maximum Gasteiger partial charge on any atom is 0.243 e. The molecule has 2 N–H and O–H groups in total. The molecule has 6 heteroatoms. The first-order valence-electron chi connectivity index (χ1n) is 5.79. The van der Waals surface area contributed by atoms with Crippen molar-refractivity contribution in [1.29, 1.82) is 0 Å². The van der Waals surface area contributed by atoms with Gasteiger partial charge in [-0.2, -0.15) is 0 Å². The molecule has 0 saturated carbocycles. The highest BCUT2D eigenvalue weighted by Crippen LogP contribution is 2.17. The summed E-state index contributed by atoms with van der Waals surface area (Å²) in [5.74, 6) is -2.12. The van der Waals surface area contributed by atoms with E-state index in [9.17, 15) is 13.6 Å². The lowest BCUT2D eigenvalue weighted by atomic mass is 10.3. The molecule has 0 aliphatic heterocycles. The van der Waals surface area contributed by atoms with Crippen LogP contribution in [0.5, 0.6) is 0 Å². The molecule has 0 spiro atoms. The number of anilines is 2. The molecule has 0 heterocycles. The average molecular weight is 388 g/mol. The summed E-state index contributed by atoms with van der Waals surface area (Å²) in [5.41, 5.74) is 0.330. The first-order chi connectivity index (χ1) is 9.56. The summed E-state index contributed by atoms with van der Waals surface area (Å²) in [5, 5.41) is 5.08. The third-order valence-electron chi connectivity index (χ3n) is 2.52. The Labute approximate surface area is 128 Å². The van der Waals surface area contributed by atoms with Crippen LogP contribution >= 0.6 is 22.6 Å². The summed E-state index contributed by atoms with van der Waals surface area (Å²) in [6.45, 7) is -0.0750. The highest BCUT2D eigenvalue weighted by Gasteiger charge is 2.11. The number of hydrogen-bond acceptors (Lipinski definition) is 2. The quantitative estimate of drug-likeness (QED) is 0.786. The van der Waals surface area contributed by atoms with Crippen LogP contribution in [-0.4, -0.2) is 12.5 Å². The molecule has 2 rings (SSSR count). The summed E-state index contributed by atoms with van der Waals surface area (Å²) >= 11 is 2.17. The molecule has 2 aromatic carbocycles. The Bertz CT molecular complexity index is 597. The standard InChI is InChI=1S/C14H11F2IN2O/c15-11-2-1-3-12(16)14(11)19-13(20)8-18-10-6-4-9(17)5-7-10/h1-7,18H,8H2,(H,19,20). The van der Waals surface area contributed by atoms with Crippen molar-refractivity contribution in [2.45, 2.75) is 0 Å². The van der Waals surface area contributed by atoms with E-state index in [1.807, 2.05) is 24.3 Å². The number of benzene rings is 2. The lowest BCUT2D eigenvalue weighted by molar-refractivity contribution is -0.114. The van der Waals surface area contributed by atoms with Gasteiger partial charge in [0.1, 0.15) is 17.3 Å². The zero-order valence-corrected chi connectivity index (χ0v) is 12.4. The van der Waals surface area contributed by atoms with Crippen molar-refractivity contribution >= 4 is 39.9 Å². The van der Waals surface area contributed by atoms with Gasteiger partial charge in [0.05, 0.1) is 6.54 Å². The van der Waals surface area contributed by atoms with Crippen molar-refractivity contribution in [3.63, 3.8) is 0 Å². The van der Waals surface area contributed by atoms with E-state index >= 15 is 0 Å². The summed E-state index contributed by atoms with van der Waals surface area (Å²) < 4.78 is 27.8. The van der Waals surface area contributed by atoms with E-state index in [2.05, 4.69) is 33.2 Å². The van der Waals surface area contributed by atoms with Crippen LogP contribution in [0.2, 0.25) is 0 Å². The maximum absolute atomic E-state index is 13.3. The first kappa shape index (κ1) is 14.7. The fourth-order valence-corrected chi connectivity index (χ4v) is 1.91. The number of nitrogens with one attached hydrogen (secondary N) is 2. The normalized spacial score (nSPS) is 10.2. The highest BCUT2D eigenvalue weighted by atomic mass is 127. The van der Waals surface area contributed by atoms with Gasteiger partial charge in [-0.3, -0.25) is 4.79 Å². The minimum atomic E-state index is -0.799. The van der Waals surface area contributed by atoms with E-state index in [4.69, 9.17) is 0 Å². The summed E-state index contributed by atoms with van der Waals surface area (Å²) in [7, 11) is 0. The smallest absolute Gasteiger partial charge is 0.243 e. The van der Waals surface area contributed by atoms with Crippen LogP contribution in [0.4, 0.5) is 20.2 Å². The molecule has 3 nitrogen and oxygen atoms in total. The van der Waals surface area contributed by atoms with Crippen LogP contribution in [0.1, 0.15) is 0 Å². The van der Waals surface area contributed by atoms with Gasteiger partial charge in [0.25, 0.3) is 0 Å². The molecule has 0 aromatic heterocycles. The third kappa shape index (κ3) is 3.89. The van der Waals surface area contributed by atoms with Crippen LogP contribution in [0.15, 0.2) is 42.5 Å². The second-order valence-electron chi connectivity index (χ2n) is 4.01. The number of rotatable bonds is 4. The molecular formula is C14H11F2IN2O. The van der Waals surface area contributed by atoms with Crippen molar-refractivity contribution in [2.24, 2.45) is 0 Å². The van der Waals surface area contributed by atoms with Crippen LogP contribution in [0.25, 0.3) is 0 Å². The van der Waals surface area contributed by atoms with E-state index in [0.717, 1.165) is 21.4 Å². The Morgan fingerprint density at radius 1 is 1.05 bits per heavy atom. The number of carbonyl (C=O) groups excluding carboxylic acids is 1. The molecule has 0 aliphatic rings. The average Bonchev–Trinajstić information content (AvgIpc) is 2.42. The number of para-hydroxylation sites is 1. The molecule has 0 saturated heterocycles. The predicted octanol–water partition coefficient (Wildman–Crippen LogP) is 3.62. The number of amides is 1. The molecule has 0 aliphatic carbocycles.